The van der Waals surface area contributed by atoms with Crippen LogP contribution in [-0.4, -0.2) is 27.0 Å². The Hall–Kier alpha value is -2.78. The largest absolute Gasteiger partial charge is 0.481 e. The van der Waals surface area contributed by atoms with Crippen molar-refractivity contribution in [2.45, 2.75) is 6.42 Å². The highest BCUT2D eigenvalue weighted by Crippen LogP contribution is 2.48. The summed E-state index contributed by atoms with van der Waals surface area (Å²) in [5.41, 5.74) is 0.731. The molecule has 0 radical (unpaired) electrons. The van der Waals surface area contributed by atoms with Crippen LogP contribution >= 0.6 is 27.3 Å². The zero-order valence-corrected chi connectivity index (χ0v) is 17.9. The number of rotatable bonds is 5. The topological polar surface area (TPSA) is 101 Å². The van der Waals surface area contributed by atoms with Gasteiger partial charge in [-0.3, -0.25) is 9.59 Å². The molecule has 1 aromatic carbocycles. The first-order valence-corrected chi connectivity index (χ1v) is 11.0. The summed E-state index contributed by atoms with van der Waals surface area (Å²) in [6.07, 6.45) is 6.27. The standard InChI is InChI=1S/C21H16BrN3O4S/c22-12-3-6-16(23-9-12)29-13-4-5-14-15(8-13)30-21(24-14)25-19(26)17-10-1-2-11(7-10)18(17)20(27)28/h1-6,8-11,17-18H,7H2,(H,27,28)(H,24,25,26). The van der Waals surface area contributed by atoms with Crippen molar-refractivity contribution in [2.75, 3.05) is 5.32 Å². The highest BCUT2D eigenvalue weighted by molar-refractivity contribution is 9.10. The molecule has 0 saturated heterocycles. The van der Waals surface area contributed by atoms with Crippen molar-refractivity contribution >= 4 is 54.5 Å². The molecule has 7 nitrogen and oxygen atoms in total. The first-order chi connectivity index (χ1) is 14.5. The SMILES string of the molecule is O=C(O)C1C2C=CC(C2)C1C(=O)Nc1nc2ccc(Oc3ccc(Br)cn3)cc2s1. The summed E-state index contributed by atoms with van der Waals surface area (Å²) in [5, 5.41) is 12.8. The maximum absolute atomic E-state index is 12.9. The van der Waals surface area contributed by atoms with Crippen LogP contribution in [0.25, 0.3) is 10.2 Å². The quantitative estimate of drug-likeness (QED) is 0.507. The van der Waals surface area contributed by atoms with Crippen LogP contribution in [0, 0.1) is 23.7 Å². The number of pyridine rings is 1. The number of amides is 1. The second kappa shape index (κ2) is 7.48. The summed E-state index contributed by atoms with van der Waals surface area (Å²) in [6.45, 7) is 0. The number of thiazole rings is 1. The second-order valence-corrected chi connectivity index (χ2v) is 9.34. The number of carboxylic acid groups (broad SMARTS) is 1. The molecule has 4 atom stereocenters. The highest BCUT2D eigenvalue weighted by Gasteiger charge is 2.51. The predicted octanol–water partition coefficient (Wildman–Crippen LogP) is 4.71. The number of nitrogens with one attached hydrogen (secondary N) is 1. The van der Waals surface area contributed by atoms with Gasteiger partial charge in [-0.1, -0.05) is 23.5 Å². The number of halogens is 1. The number of hydrogen-bond acceptors (Lipinski definition) is 6. The molecule has 2 aliphatic carbocycles. The van der Waals surface area contributed by atoms with Crippen molar-refractivity contribution in [1.29, 1.82) is 0 Å². The van der Waals surface area contributed by atoms with E-state index in [9.17, 15) is 14.7 Å². The van der Waals surface area contributed by atoms with Gasteiger partial charge in [-0.05, 0) is 52.4 Å². The Morgan fingerprint density at radius 3 is 2.70 bits per heavy atom. The summed E-state index contributed by atoms with van der Waals surface area (Å²) >= 11 is 4.66. The lowest BCUT2D eigenvalue weighted by molar-refractivity contribution is -0.146. The molecule has 5 rings (SSSR count). The minimum atomic E-state index is -0.917. The van der Waals surface area contributed by atoms with Crippen LogP contribution < -0.4 is 10.1 Å². The first-order valence-electron chi connectivity index (χ1n) is 9.40. The Balaban J connectivity index is 1.34. The number of carboxylic acids is 1. The molecular weight excluding hydrogens is 470 g/mol. The summed E-state index contributed by atoms with van der Waals surface area (Å²) < 4.78 is 7.49. The number of carbonyl (C=O) groups excluding carboxylic acids is 1. The number of fused-ring (bicyclic) bond motifs is 3. The number of ether oxygens (including phenoxy) is 1. The van der Waals surface area contributed by atoms with Gasteiger partial charge in [0.25, 0.3) is 0 Å². The van der Waals surface area contributed by atoms with E-state index >= 15 is 0 Å². The van der Waals surface area contributed by atoms with Gasteiger partial charge in [-0.15, -0.1) is 0 Å². The van der Waals surface area contributed by atoms with Gasteiger partial charge in [0.05, 0.1) is 22.1 Å². The smallest absolute Gasteiger partial charge is 0.307 e. The van der Waals surface area contributed by atoms with E-state index in [2.05, 4.69) is 31.2 Å². The maximum Gasteiger partial charge on any atom is 0.307 e. The van der Waals surface area contributed by atoms with Gasteiger partial charge >= 0.3 is 5.97 Å². The van der Waals surface area contributed by atoms with Crippen LogP contribution in [0.5, 0.6) is 11.6 Å². The van der Waals surface area contributed by atoms with Crippen molar-refractivity contribution in [2.24, 2.45) is 23.7 Å². The number of aromatic nitrogens is 2. The third-order valence-electron chi connectivity index (χ3n) is 5.56. The van der Waals surface area contributed by atoms with Gasteiger partial charge in [0.15, 0.2) is 5.13 Å². The molecule has 2 bridgehead atoms. The predicted molar refractivity (Wildman–Crippen MR) is 116 cm³/mol. The fraction of sp³-hybridized carbons (Fsp3) is 0.238. The van der Waals surface area contributed by atoms with E-state index in [1.807, 2.05) is 30.4 Å². The molecule has 1 fully saturated rings. The number of allylic oxidation sites excluding steroid dienone is 2. The monoisotopic (exact) mass is 485 g/mol. The molecule has 1 saturated carbocycles. The molecule has 0 spiro atoms. The highest BCUT2D eigenvalue weighted by atomic mass is 79.9. The number of carbonyl (C=O) groups is 2. The lowest BCUT2D eigenvalue weighted by atomic mass is 9.82. The van der Waals surface area contributed by atoms with Gasteiger partial charge in [0, 0.05) is 22.8 Å². The zero-order valence-electron chi connectivity index (χ0n) is 15.5. The average Bonchev–Trinajstić information content (AvgIpc) is 3.43. The van der Waals surface area contributed by atoms with Crippen LogP contribution in [0.1, 0.15) is 6.42 Å². The van der Waals surface area contributed by atoms with Gasteiger partial charge in [-0.2, -0.15) is 0 Å². The second-order valence-electron chi connectivity index (χ2n) is 7.39. The van der Waals surface area contributed by atoms with E-state index in [4.69, 9.17) is 4.74 Å². The van der Waals surface area contributed by atoms with E-state index in [0.29, 0.717) is 16.8 Å². The van der Waals surface area contributed by atoms with Crippen LogP contribution in [-0.2, 0) is 9.59 Å². The Morgan fingerprint density at radius 1 is 1.17 bits per heavy atom. The fourth-order valence-electron chi connectivity index (χ4n) is 4.27. The average molecular weight is 486 g/mol. The fourth-order valence-corrected chi connectivity index (χ4v) is 5.40. The Kier molecular flexibility index (Phi) is 4.79. The van der Waals surface area contributed by atoms with Gasteiger partial charge in [-0.25, -0.2) is 9.97 Å². The van der Waals surface area contributed by atoms with E-state index in [1.165, 1.54) is 11.3 Å². The van der Waals surface area contributed by atoms with Crippen LogP contribution in [0.3, 0.4) is 0 Å². The molecule has 0 aliphatic heterocycles. The molecule has 2 heterocycles. The van der Waals surface area contributed by atoms with Crippen LogP contribution in [0.4, 0.5) is 5.13 Å². The molecule has 3 aromatic rings. The zero-order chi connectivity index (χ0) is 20.8. The van der Waals surface area contributed by atoms with Crippen molar-refractivity contribution < 1.29 is 19.4 Å². The molecule has 2 aromatic heterocycles. The molecule has 30 heavy (non-hydrogen) atoms. The normalized spacial score (nSPS) is 24.3. The molecule has 1 amide bonds. The van der Waals surface area contributed by atoms with Crippen molar-refractivity contribution in [1.82, 2.24) is 9.97 Å². The number of anilines is 1. The maximum atomic E-state index is 12.9. The summed E-state index contributed by atoms with van der Waals surface area (Å²) in [4.78, 5) is 33.2. The Bertz CT molecular complexity index is 1180. The number of hydrogen-bond donors (Lipinski definition) is 2. The molecular formula is C21H16BrN3O4S. The number of nitrogens with zero attached hydrogens (tertiary/aromatic N) is 2. The summed E-state index contributed by atoms with van der Waals surface area (Å²) in [5.74, 6) is -1.44. The minimum absolute atomic E-state index is 0.0242. The van der Waals surface area contributed by atoms with Crippen LogP contribution in [0.2, 0.25) is 0 Å². The Labute approximate surface area is 183 Å². The Morgan fingerprint density at radius 2 is 1.97 bits per heavy atom. The molecule has 152 valence electrons. The van der Waals surface area contributed by atoms with Crippen molar-refractivity contribution in [3.8, 4) is 11.6 Å². The third kappa shape index (κ3) is 3.48. The number of benzene rings is 1. The summed E-state index contributed by atoms with van der Waals surface area (Å²) in [6, 6.07) is 9.05. The van der Waals surface area contributed by atoms with Crippen LogP contribution in [0.15, 0.2) is 53.2 Å². The van der Waals surface area contributed by atoms with Gasteiger partial charge in [0.1, 0.15) is 5.75 Å². The third-order valence-corrected chi connectivity index (χ3v) is 6.96. The van der Waals surface area contributed by atoms with E-state index < -0.39 is 17.8 Å². The molecule has 2 aliphatic rings. The molecule has 4 unspecified atom stereocenters. The van der Waals surface area contributed by atoms with E-state index in [-0.39, 0.29) is 17.7 Å². The summed E-state index contributed by atoms with van der Waals surface area (Å²) in [7, 11) is 0. The molecule has 2 N–H and O–H groups in total. The van der Waals surface area contributed by atoms with E-state index in [0.717, 1.165) is 21.1 Å². The lowest BCUT2D eigenvalue weighted by Crippen LogP contribution is -2.36. The van der Waals surface area contributed by atoms with E-state index in [1.54, 1.807) is 18.3 Å². The first kappa shape index (κ1) is 19.2. The van der Waals surface area contributed by atoms with Crippen molar-refractivity contribution in [3.63, 3.8) is 0 Å². The molecule has 9 heteroatoms. The lowest BCUT2D eigenvalue weighted by Gasteiger charge is -2.23. The minimum Gasteiger partial charge on any atom is -0.481 e. The number of aliphatic carboxylic acids is 1. The van der Waals surface area contributed by atoms with Crippen molar-refractivity contribution in [3.05, 3.63) is 53.2 Å². The van der Waals surface area contributed by atoms with Gasteiger partial charge in [0.2, 0.25) is 11.8 Å². The van der Waals surface area contributed by atoms with Gasteiger partial charge < -0.3 is 15.2 Å².